The van der Waals surface area contributed by atoms with Crippen LogP contribution in [0.25, 0.3) is 0 Å². The fraction of sp³-hybridized carbons (Fsp3) is 0.900. The van der Waals surface area contributed by atoms with Gasteiger partial charge in [-0.3, -0.25) is 4.79 Å². The Balaban J connectivity index is 1.63. The highest BCUT2D eigenvalue weighted by Gasteiger charge is 2.72. The minimum absolute atomic E-state index is 0.00967. The maximum atomic E-state index is 12.8. The molecule has 0 aromatic rings. The van der Waals surface area contributed by atoms with Gasteiger partial charge in [-0.25, -0.2) is 0 Å². The van der Waals surface area contributed by atoms with Gasteiger partial charge in [-0.05, 0) is 89.8 Å². The number of hydrogen-bond donors (Lipinski definition) is 4. The molecule has 0 aliphatic heterocycles. The van der Waals surface area contributed by atoms with Crippen LogP contribution in [0.4, 0.5) is 0 Å². The van der Waals surface area contributed by atoms with Gasteiger partial charge in [-0.2, -0.15) is 0 Å². The summed E-state index contributed by atoms with van der Waals surface area (Å²) in [7, 11) is 0. The number of carboxylic acids is 1. The molecule has 5 rings (SSSR count). The SMILES string of the molecule is CC1(C)CC[C@]2(C(=O)O)CC[C@]3(C)[C@H](C=C[C@@H]4[C@@]5(C)C[C@@H](O)[C@H](O)C(C)(C)[C@@H]5CC[C@]43C)[C@H]2[C@@H]1O. The predicted octanol–water partition coefficient (Wildman–Crippen LogP) is 5.03. The summed E-state index contributed by atoms with van der Waals surface area (Å²) in [6.07, 6.45) is 7.98. The zero-order chi connectivity index (χ0) is 26.0. The summed E-state index contributed by atoms with van der Waals surface area (Å²) in [5.74, 6) is -0.478. The quantitative estimate of drug-likeness (QED) is 0.388. The Hall–Kier alpha value is -0.910. The summed E-state index contributed by atoms with van der Waals surface area (Å²) in [5.41, 5.74) is -1.88. The highest BCUT2D eigenvalue weighted by atomic mass is 16.4. The molecule has 5 aliphatic rings. The van der Waals surface area contributed by atoms with Crippen LogP contribution in [-0.4, -0.2) is 44.7 Å². The molecule has 0 radical (unpaired) electrons. The number of fused-ring (bicyclic) bond motifs is 7. The van der Waals surface area contributed by atoms with Crippen LogP contribution in [0.3, 0.4) is 0 Å². The fourth-order valence-electron chi connectivity index (χ4n) is 10.8. The molecule has 4 N–H and O–H groups in total. The van der Waals surface area contributed by atoms with Gasteiger partial charge >= 0.3 is 5.97 Å². The molecule has 0 amide bonds. The molecule has 0 aromatic carbocycles. The fourth-order valence-corrected chi connectivity index (χ4v) is 10.8. The summed E-state index contributed by atoms with van der Waals surface area (Å²) in [4.78, 5) is 12.8. The number of hydrogen-bond acceptors (Lipinski definition) is 4. The molecule has 0 saturated heterocycles. The van der Waals surface area contributed by atoms with E-state index in [1.54, 1.807) is 0 Å². The van der Waals surface area contributed by atoms with E-state index in [1.807, 2.05) is 0 Å². The first kappa shape index (κ1) is 25.7. The third-order valence-electron chi connectivity index (χ3n) is 13.3. The molecule has 4 fully saturated rings. The lowest BCUT2D eigenvalue weighted by atomic mass is 9.32. The van der Waals surface area contributed by atoms with Crippen molar-refractivity contribution in [3.05, 3.63) is 12.2 Å². The standard InChI is InChI=1S/C30H48O5/c1-25(2)12-14-30(24(34)35)15-13-28(6)17(21(30)23(25)33)8-9-20-27(5)16-18(31)22(32)26(3,4)19(27)10-11-29(20,28)7/h8-9,17-23,31-33H,10-16H2,1-7H3,(H,34,35)/t17-,18-,19+,20-,21+,22+,23+,27+,28-,29-,30+/m1/s1. The molecule has 198 valence electrons. The van der Waals surface area contributed by atoms with E-state index in [0.29, 0.717) is 25.2 Å². The normalized spacial score (nSPS) is 56.2. The Bertz CT molecular complexity index is 939. The smallest absolute Gasteiger partial charge is 0.310 e. The van der Waals surface area contributed by atoms with E-state index in [9.17, 15) is 25.2 Å². The van der Waals surface area contributed by atoms with Gasteiger partial charge in [0.25, 0.3) is 0 Å². The van der Waals surface area contributed by atoms with Gasteiger partial charge < -0.3 is 20.4 Å². The van der Waals surface area contributed by atoms with E-state index in [0.717, 1.165) is 25.7 Å². The van der Waals surface area contributed by atoms with E-state index < -0.39 is 29.7 Å². The highest BCUT2D eigenvalue weighted by molar-refractivity contribution is 5.76. The van der Waals surface area contributed by atoms with Crippen molar-refractivity contribution >= 4 is 5.97 Å². The third kappa shape index (κ3) is 2.95. The van der Waals surface area contributed by atoms with Crippen molar-refractivity contribution in [2.45, 2.75) is 112 Å². The number of aliphatic hydroxyl groups excluding tert-OH is 3. The van der Waals surface area contributed by atoms with Crippen molar-refractivity contribution in [2.24, 2.45) is 56.2 Å². The van der Waals surface area contributed by atoms with Crippen LogP contribution in [0.5, 0.6) is 0 Å². The maximum absolute atomic E-state index is 12.8. The molecule has 4 saturated carbocycles. The lowest BCUT2D eigenvalue weighted by Gasteiger charge is -2.72. The van der Waals surface area contributed by atoms with Gasteiger partial charge in [0, 0.05) is 5.92 Å². The monoisotopic (exact) mass is 488 g/mol. The molecule has 0 unspecified atom stereocenters. The van der Waals surface area contributed by atoms with Crippen molar-refractivity contribution in [3.63, 3.8) is 0 Å². The zero-order valence-electron chi connectivity index (χ0n) is 22.8. The lowest BCUT2D eigenvalue weighted by Crippen LogP contribution is -2.69. The van der Waals surface area contributed by atoms with Crippen molar-refractivity contribution in [1.82, 2.24) is 0 Å². The van der Waals surface area contributed by atoms with Crippen molar-refractivity contribution in [1.29, 1.82) is 0 Å². The molecule has 0 heterocycles. The Morgan fingerprint density at radius 3 is 2.06 bits per heavy atom. The van der Waals surface area contributed by atoms with Gasteiger partial charge in [0.05, 0.1) is 23.7 Å². The van der Waals surface area contributed by atoms with Crippen LogP contribution in [0.15, 0.2) is 12.2 Å². The largest absolute Gasteiger partial charge is 0.481 e. The van der Waals surface area contributed by atoms with Gasteiger partial charge in [0.2, 0.25) is 0 Å². The van der Waals surface area contributed by atoms with Crippen LogP contribution in [0.2, 0.25) is 0 Å². The van der Waals surface area contributed by atoms with Gasteiger partial charge in [-0.1, -0.05) is 60.6 Å². The first-order valence-corrected chi connectivity index (χ1v) is 13.9. The summed E-state index contributed by atoms with van der Waals surface area (Å²) in [5, 5.41) is 44.0. The summed E-state index contributed by atoms with van der Waals surface area (Å²) >= 11 is 0. The van der Waals surface area contributed by atoms with Crippen molar-refractivity contribution < 1.29 is 25.2 Å². The zero-order valence-corrected chi connectivity index (χ0v) is 22.8. The summed E-state index contributed by atoms with van der Waals surface area (Å²) in [6, 6.07) is 0. The summed E-state index contributed by atoms with van der Waals surface area (Å²) < 4.78 is 0. The second kappa shape index (κ2) is 7.35. The topological polar surface area (TPSA) is 98.0 Å². The summed E-state index contributed by atoms with van der Waals surface area (Å²) in [6.45, 7) is 15.5. The minimum Gasteiger partial charge on any atom is -0.481 e. The van der Waals surface area contributed by atoms with E-state index in [2.05, 4.69) is 60.6 Å². The van der Waals surface area contributed by atoms with Gasteiger partial charge in [0.1, 0.15) is 0 Å². The van der Waals surface area contributed by atoms with Crippen LogP contribution < -0.4 is 0 Å². The van der Waals surface area contributed by atoms with Crippen LogP contribution in [0.1, 0.15) is 93.4 Å². The molecule has 0 spiro atoms. The Labute approximate surface area is 211 Å². The van der Waals surface area contributed by atoms with Crippen molar-refractivity contribution in [2.75, 3.05) is 0 Å². The molecule has 5 heteroatoms. The second-order valence-electron chi connectivity index (χ2n) is 15.3. The Morgan fingerprint density at radius 2 is 1.43 bits per heavy atom. The highest BCUT2D eigenvalue weighted by Crippen LogP contribution is 2.75. The lowest BCUT2D eigenvalue weighted by molar-refractivity contribution is -0.249. The molecular formula is C30H48O5. The molecule has 35 heavy (non-hydrogen) atoms. The van der Waals surface area contributed by atoms with Crippen LogP contribution in [0, 0.1) is 56.2 Å². The van der Waals surface area contributed by atoms with Crippen molar-refractivity contribution in [3.8, 4) is 0 Å². The van der Waals surface area contributed by atoms with Crippen LogP contribution >= 0.6 is 0 Å². The second-order valence-corrected chi connectivity index (χ2v) is 15.3. The molecule has 0 bridgehead atoms. The number of rotatable bonds is 1. The van der Waals surface area contributed by atoms with E-state index in [-0.39, 0.29) is 44.8 Å². The molecule has 5 aliphatic carbocycles. The minimum atomic E-state index is -0.860. The number of aliphatic carboxylic acids is 1. The van der Waals surface area contributed by atoms with Gasteiger partial charge in [0.15, 0.2) is 0 Å². The van der Waals surface area contributed by atoms with Gasteiger partial charge in [-0.15, -0.1) is 0 Å². The third-order valence-corrected chi connectivity index (χ3v) is 13.3. The predicted molar refractivity (Wildman–Crippen MR) is 135 cm³/mol. The Morgan fingerprint density at radius 1 is 0.800 bits per heavy atom. The van der Waals surface area contributed by atoms with Crippen LogP contribution in [-0.2, 0) is 4.79 Å². The van der Waals surface area contributed by atoms with E-state index in [4.69, 9.17) is 0 Å². The average molecular weight is 489 g/mol. The molecular weight excluding hydrogens is 440 g/mol. The Kier molecular flexibility index (Phi) is 5.40. The maximum Gasteiger partial charge on any atom is 0.310 e. The first-order valence-electron chi connectivity index (χ1n) is 13.9. The number of aliphatic hydroxyl groups is 3. The number of carboxylic acid groups (broad SMARTS) is 1. The number of allylic oxidation sites excluding steroid dienone is 2. The molecule has 11 atom stereocenters. The first-order chi connectivity index (χ1) is 16.0. The van der Waals surface area contributed by atoms with E-state index >= 15 is 0 Å². The molecule has 0 aromatic heterocycles. The average Bonchev–Trinajstić information content (AvgIpc) is 2.75. The molecule has 5 nitrogen and oxygen atoms in total. The number of carbonyl (C=O) groups is 1. The van der Waals surface area contributed by atoms with E-state index in [1.165, 1.54) is 0 Å².